The smallest absolute Gasteiger partial charge is 0.231 e. The molecule has 1 heterocycles. The zero-order valence-corrected chi connectivity index (χ0v) is 12.5. The standard InChI is InChI=1S/C15H13ClO3S/c1-20-12-4-2-11(3-5-12)17-8-10-6-13(16)15-14(7-10)18-9-19-15/h2-7H,8-9H2,1H3. The van der Waals surface area contributed by atoms with Gasteiger partial charge in [-0.05, 0) is 48.2 Å². The van der Waals surface area contributed by atoms with Crippen molar-refractivity contribution in [3.05, 3.63) is 47.0 Å². The molecule has 0 amide bonds. The lowest BCUT2D eigenvalue weighted by Gasteiger charge is -2.08. The number of rotatable bonds is 4. The average Bonchev–Trinajstić information content (AvgIpc) is 2.94. The molecular weight excluding hydrogens is 296 g/mol. The Morgan fingerprint density at radius 3 is 2.75 bits per heavy atom. The van der Waals surface area contributed by atoms with Gasteiger partial charge in [0.1, 0.15) is 12.4 Å². The predicted molar refractivity (Wildman–Crippen MR) is 80.1 cm³/mol. The molecule has 2 aromatic carbocycles. The Morgan fingerprint density at radius 2 is 2.00 bits per heavy atom. The largest absolute Gasteiger partial charge is 0.489 e. The SMILES string of the molecule is CSc1ccc(OCc2cc(Cl)c3c(c2)OCO3)cc1. The van der Waals surface area contributed by atoms with Crippen molar-refractivity contribution in [1.29, 1.82) is 0 Å². The molecule has 1 aliphatic heterocycles. The van der Waals surface area contributed by atoms with Gasteiger partial charge in [-0.2, -0.15) is 0 Å². The monoisotopic (exact) mass is 308 g/mol. The van der Waals surface area contributed by atoms with Crippen LogP contribution in [-0.4, -0.2) is 13.0 Å². The summed E-state index contributed by atoms with van der Waals surface area (Å²) >= 11 is 7.84. The normalized spacial score (nSPS) is 12.5. The Hall–Kier alpha value is -1.52. The fraction of sp³-hybridized carbons (Fsp3) is 0.200. The quantitative estimate of drug-likeness (QED) is 0.784. The summed E-state index contributed by atoms with van der Waals surface area (Å²) in [6.45, 7) is 0.657. The molecule has 20 heavy (non-hydrogen) atoms. The van der Waals surface area contributed by atoms with Gasteiger partial charge in [-0.15, -0.1) is 11.8 Å². The second kappa shape index (κ2) is 5.85. The summed E-state index contributed by atoms with van der Waals surface area (Å²) in [5, 5.41) is 0.552. The highest BCUT2D eigenvalue weighted by Crippen LogP contribution is 2.39. The summed E-state index contributed by atoms with van der Waals surface area (Å²) in [5.74, 6) is 2.12. The molecule has 0 saturated heterocycles. The molecule has 2 aromatic rings. The van der Waals surface area contributed by atoms with Gasteiger partial charge < -0.3 is 14.2 Å². The molecule has 104 valence electrons. The first-order valence-corrected chi connectivity index (χ1v) is 7.71. The summed E-state index contributed by atoms with van der Waals surface area (Å²) in [6, 6.07) is 11.7. The fourth-order valence-electron chi connectivity index (χ4n) is 1.94. The summed E-state index contributed by atoms with van der Waals surface area (Å²) in [5.41, 5.74) is 0.952. The molecule has 3 rings (SSSR count). The van der Waals surface area contributed by atoms with Crippen LogP contribution in [0.25, 0.3) is 0 Å². The van der Waals surface area contributed by atoms with E-state index < -0.39 is 0 Å². The van der Waals surface area contributed by atoms with Crippen LogP contribution in [0, 0.1) is 0 Å². The Balaban J connectivity index is 1.70. The van der Waals surface area contributed by atoms with Gasteiger partial charge in [-0.1, -0.05) is 11.6 Å². The zero-order valence-electron chi connectivity index (χ0n) is 10.9. The van der Waals surface area contributed by atoms with Crippen molar-refractivity contribution in [2.75, 3.05) is 13.0 Å². The first kappa shape index (κ1) is 13.5. The second-order valence-corrected chi connectivity index (χ2v) is 5.56. The van der Waals surface area contributed by atoms with E-state index in [1.807, 2.05) is 42.7 Å². The molecule has 0 fully saturated rings. The minimum Gasteiger partial charge on any atom is -0.489 e. The third-order valence-electron chi connectivity index (χ3n) is 2.95. The van der Waals surface area contributed by atoms with E-state index in [0.717, 1.165) is 11.3 Å². The highest BCUT2D eigenvalue weighted by molar-refractivity contribution is 7.98. The fourth-order valence-corrected chi connectivity index (χ4v) is 2.64. The Kier molecular flexibility index (Phi) is 3.94. The molecule has 0 atom stereocenters. The van der Waals surface area contributed by atoms with E-state index in [1.54, 1.807) is 11.8 Å². The predicted octanol–water partition coefficient (Wildman–Crippen LogP) is 4.37. The van der Waals surface area contributed by atoms with Crippen molar-refractivity contribution in [2.45, 2.75) is 11.5 Å². The van der Waals surface area contributed by atoms with Crippen LogP contribution in [-0.2, 0) is 6.61 Å². The van der Waals surface area contributed by atoms with Gasteiger partial charge in [-0.3, -0.25) is 0 Å². The van der Waals surface area contributed by atoms with Crippen LogP contribution in [0.5, 0.6) is 17.2 Å². The van der Waals surface area contributed by atoms with Crippen LogP contribution >= 0.6 is 23.4 Å². The number of benzene rings is 2. The average molecular weight is 309 g/mol. The van der Waals surface area contributed by atoms with Crippen LogP contribution in [0.15, 0.2) is 41.3 Å². The zero-order chi connectivity index (χ0) is 13.9. The van der Waals surface area contributed by atoms with E-state index in [0.29, 0.717) is 23.1 Å². The Morgan fingerprint density at radius 1 is 1.20 bits per heavy atom. The molecule has 0 N–H and O–H groups in total. The highest BCUT2D eigenvalue weighted by Gasteiger charge is 2.18. The number of thioether (sulfide) groups is 1. The summed E-state index contributed by atoms with van der Waals surface area (Å²) in [7, 11) is 0. The lowest BCUT2D eigenvalue weighted by atomic mass is 10.2. The van der Waals surface area contributed by atoms with Crippen molar-refractivity contribution < 1.29 is 14.2 Å². The van der Waals surface area contributed by atoms with Crippen molar-refractivity contribution >= 4 is 23.4 Å². The van der Waals surface area contributed by atoms with Crippen LogP contribution in [0.1, 0.15) is 5.56 Å². The van der Waals surface area contributed by atoms with E-state index in [-0.39, 0.29) is 6.79 Å². The molecule has 0 aromatic heterocycles. The minimum atomic E-state index is 0.218. The number of halogens is 1. The summed E-state index contributed by atoms with van der Waals surface area (Å²) < 4.78 is 16.4. The van der Waals surface area contributed by atoms with Gasteiger partial charge in [0.25, 0.3) is 0 Å². The maximum atomic E-state index is 6.13. The lowest BCUT2D eigenvalue weighted by Crippen LogP contribution is -1.95. The molecule has 3 nitrogen and oxygen atoms in total. The van der Waals surface area contributed by atoms with E-state index in [9.17, 15) is 0 Å². The van der Waals surface area contributed by atoms with Crippen molar-refractivity contribution in [2.24, 2.45) is 0 Å². The van der Waals surface area contributed by atoms with Crippen LogP contribution in [0.3, 0.4) is 0 Å². The highest BCUT2D eigenvalue weighted by atomic mass is 35.5. The van der Waals surface area contributed by atoms with Gasteiger partial charge in [0, 0.05) is 4.90 Å². The molecular formula is C15H13ClO3S. The van der Waals surface area contributed by atoms with Crippen LogP contribution in [0.2, 0.25) is 5.02 Å². The molecule has 0 radical (unpaired) electrons. The van der Waals surface area contributed by atoms with Gasteiger partial charge in [-0.25, -0.2) is 0 Å². The molecule has 1 aliphatic rings. The third-order valence-corrected chi connectivity index (χ3v) is 3.98. The second-order valence-electron chi connectivity index (χ2n) is 4.28. The van der Waals surface area contributed by atoms with Crippen LogP contribution in [0.4, 0.5) is 0 Å². The van der Waals surface area contributed by atoms with E-state index in [1.165, 1.54) is 4.90 Å². The van der Waals surface area contributed by atoms with E-state index >= 15 is 0 Å². The van der Waals surface area contributed by atoms with E-state index in [4.69, 9.17) is 25.8 Å². The Bertz CT molecular complexity index is 613. The molecule has 0 spiro atoms. The topological polar surface area (TPSA) is 27.7 Å². The number of ether oxygens (including phenoxy) is 3. The molecule has 0 bridgehead atoms. The lowest BCUT2D eigenvalue weighted by molar-refractivity contribution is 0.174. The van der Waals surface area contributed by atoms with Crippen LogP contribution < -0.4 is 14.2 Å². The minimum absolute atomic E-state index is 0.218. The third kappa shape index (κ3) is 2.81. The first-order valence-electron chi connectivity index (χ1n) is 6.11. The summed E-state index contributed by atoms with van der Waals surface area (Å²) in [6.07, 6.45) is 2.05. The molecule has 0 unspecified atom stereocenters. The van der Waals surface area contributed by atoms with E-state index in [2.05, 4.69) is 0 Å². The molecule has 5 heteroatoms. The summed E-state index contributed by atoms with van der Waals surface area (Å²) in [4.78, 5) is 1.21. The number of hydrogen-bond donors (Lipinski definition) is 0. The molecule has 0 saturated carbocycles. The van der Waals surface area contributed by atoms with Gasteiger partial charge in [0.15, 0.2) is 11.5 Å². The van der Waals surface area contributed by atoms with Gasteiger partial charge >= 0.3 is 0 Å². The molecule has 0 aliphatic carbocycles. The number of fused-ring (bicyclic) bond motifs is 1. The first-order chi connectivity index (χ1) is 9.76. The Labute approximate surface area is 126 Å². The van der Waals surface area contributed by atoms with Crippen molar-refractivity contribution in [3.8, 4) is 17.2 Å². The maximum absolute atomic E-state index is 6.13. The van der Waals surface area contributed by atoms with Crippen molar-refractivity contribution in [1.82, 2.24) is 0 Å². The van der Waals surface area contributed by atoms with Crippen molar-refractivity contribution in [3.63, 3.8) is 0 Å². The number of hydrogen-bond acceptors (Lipinski definition) is 4. The van der Waals surface area contributed by atoms with Gasteiger partial charge in [0.05, 0.1) is 5.02 Å². The maximum Gasteiger partial charge on any atom is 0.231 e. The van der Waals surface area contributed by atoms with Gasteiger partial charge in [0.2, 0.25) is 6.79 Å².